The standard InChI is InChI=1S/C14H16F2N2O3/c15-10-4-5-11(16)9(7-10)8-17-14(21)18-6-2-1-3-12(18)13(19)20/h4-5,7,12H,1-3,6,8H2,(H,17,21)(H,19,20). The van der Waals surface area contributed by atoms with Crippen molar-refractivity contribution in [2.45, 2.75) is 31.8 Å². The van der Waals surface area contributed by atoms with Gasteiger partial charge >= 0.3 is 12.0 Å². The molecule has 114 valence electrons. The molecule has 1 atom stereocenters. The van der Waals surface area contributed by atoms with E-state index >= 15 is 0 Å². The van der Waals surface area contributed by atoms with Crippen molar-refractivity contribution in [3.63, 3.8) is 0 Å². The number of likely N-dealkylation sites (tertiary alicyclic amines) is 1. The lowest BCUT2D eigenvalue weighted by molar-refractivity contribution is -0.143. The fourth-order valence-corrected chi connectivity index (χ4v) is 2.38. The fraction of sp³-hybridized carbons (Fsp3) is 0.429. The van der Waals surface area contributed by atoms with Crippen LogP contribution in [-0.2, 0) is 11.3 Å². The van der Waals surface area contributed by atoms with Gasteiger partial charge in [0.25, 0.3) is 0 Å². The number of hydrogen-bond acceptors (Lipinski definition) is 2. The van der Waals surface area contributed by atoms with Gasteiger partial charge in [0.2, 0.25) is 0 Å². The van der Waals surface area contributed by atoms with E-state index in [1.165, 1.54) is 4.90 Å². The van der Waals surface area contributed by atoms with Gasteiger partial charge in [-0.2, -0.15) is 0 Å². The van der Waals surface area contributed by atoms with Crippen LogP contribution in [0.3, 0.4) is 0 Å². The third kappa shape index (κ3) is 3.68. The molecule has 0 saturated carbocycles. The zero-order valence-electron chi connectivity index (χ0n) is 11.3. The summed E-state index contributed by atoms with van der Waals surface area (Å²) in [5.74, 6) is -2.27. The molecule has 1 unspecified atom stereocenters. The number of carbonyl (C=O) groups is 2. The predicted octanol–water partition coefficient (Wildman–Crippen LogP) is 2.11. The van der Waals surface area contributed by atoms with E-state index in [0.717, 1.165) is 31.0 Å². The van der Waals surface area contributed by atoms with Crippen LogP contribution >= 0.6 is 0 Å². The number of urea groups is 1. The molecule has 1 aliphatic rings. The van der Waals surface area contributed by atoms with Crippen molar-refractivity contribution in [1.29, 1.82) is 0 Å². The Bertz CT molecular complexity index is 551. The largest absolute Gasteiger partial charge is 0.480 e. The molecule has 5 nitrogen and oxygen atoms in total. The lowest BCUT2D eigenvalue weighted by Crippen LogP contribution is -2.51. The lowest BCUT2D eigenvalue weighted by atomic mass is 10.0. The quantitative estimate of drug-likeness (QED) is 0.898. The van der Waals surface area contributed by atoms with Gasteiger partial charge in [0.05, 0.1) is 0 Å². The highest BCUT2D eigenvalue weighted by atomic mass is 19.1. The molecule has 1 aromatic rings. The van der Waals surface area contributed by atoms with Gasteiger partial charge in [-0.15, -0.1) is 0 Å². The summed E-state index contributed by atoms with van der Waals surface area (Å²) in [5, 5.41) is 11.5. The molecular weight excluding hydrogens is 282 g/mol. The number of piperidine rings is 1. The number of hydrogen-bond donors (Lipinski definition) is 2. The fourth-order valence-electron chi connectivity index (χ4n) is 2.38. The molecule has 1 aromatic carbocycles. The monoisotopic (exact) mass is 298 g/mol. The number of nitrogens with zero attached hydrogens (tertiary/aromatic N) is 1. The maximum absolute atomic E-state index is 13.4. The average molecular weight is 298 g/mol. The molecule has 7 heteroatoms. The molecule has 1 saturated heterocycles. The predicted molar refractivity (Wildman–Crippen MR) is 70.6 cm³/mol. The number of rotatable bonds is 3. The van der Waals surface area contributed by atoms with Gasteiger partial charge in [-0.3, -0.25) is 0 Å². The molecule has 2 rings (SSSR count). The molecule has 0 bridgehead atoms. The maximum atomic E-state index is 13.4. The van der Waals surface area contributed by atoms with Crippen molar-refractivity contribution in [2.24, 2.45) is 0 Å². The van der Waals surface area contributed by atoms with Gasteiger partial charge in [-0.1, -0.05) is 0 Å². The summed E-state index contributed by atoms with van der Waals surface area (Å²) in [4.78, 5) is 24.4. The van der Waals surface area contributed by atoms with Crippen molar-refractivity contribution in [3.05, 3.63) is 35.4 Å². The second-order valence-corrected chi connectivity index (χ2v) is 4.94. The van der Waals surface area contributed by atoms with Gasteiger partial charge in [-0.25, -0.2) is 18.4 Å². The summed E-state index contributed by atoms with van der Waals surface area (Å²) >= 11 is 0. The Kier molecular flexibility index (Phi) is 4.72. The zero-order valence-corrected chi connectivity index (χ0v) is 11.3. The first kappa shape index (κ1) is 15.2. The minimum absolute atomic E-state index is 0.0206. The number of aliphatic carboxylic acids is 1. The molecule has 0 radical (unpaired) electrons. The van der Waals surface area contributed by atoms with Crippen LogP contribution in [0, 0.1) is 11.6 Å². The molecule has 0 aromatic heterocycles. The van der Waals surface area contributed by atoms with Crippen LogP contribution in [0.15, 0.2) is 18.2 Å². The Balaban J connectivity index is 2.00. The van der Waals surface area contributed by atoms with Crippen molar-refractivity contribution >= 4 is 12.0 Å². The first-order valence-electron chi connectivity index (χ1n) is 6.70. The Morgan fingerprint density at radius 3 is 2.81 bits per heavy atom. The average Bonchev–Trinajstić information content (AvgIpc) is 2.47. The number of halogens is 2. The highest BCUT2D eigenvalue weighted by molar-refractivity contribution is 5.82. The Morgan fingerprint density at radius 2 is 2.10 bits per heavy atom. The van der Waals surface area contributed by atoms with Crippen molar-refractivity contribution in [3.8, 4) is 0 Å². The number of amides is 2. The molecule has 21 heavy (non-hydrogen) atoms. The molecular formula is C14H16F2N2O3. The van der Waals surface area contributed by atoms with Crippen molar-refractivity contribution in [1.82, 2.24) is 10.2 Å². The number of benzene rings is 1. The number of nitrogens with one attached hydrogen (secondary N) is 1. The van der Waals surface area contributed by atoms with E-state index in [1.807, 2.05) is 0 Å². The number of carboxylic acids is 1. The SMILES string of the molecule is O=C(O)C1CCCCN1C(=O)NCc1cc(F)ccc1F. The first-order valence-corrected chi connectivity index (χ1v) is 6.70. The summed E-state index contributed by atoms with van der Waals surface area (Å²) in [6.45, 7) is 0.152. The van der Waals surface area contributed by atoms with Gasteiger partial charge in [0.15, 0.2) is 0 Å². The highest BCUT2D eigenvalue weighted by Gasteiger charge is 2.31. The summed E-state index contributed by atoms with van der Waals surface area (Å²) in [7, 11) is 0. The minimum Gasteiger partial charge on any atom is -0.480 e. The Morgan fingerprint density at radius 1 is 1.33 bits per heavy atom. The number of carbonyl (C=O) groups excluding carboxylic acids is 1. The Labute approximate surface area is 120 Å². The zero-order chi connectivity index (χ0) is 15.4. The smallest absolute Gasteiger partial charge is 0.326 e. The first-order chi connectivity index (χ1) is 9.99. The third-order valence-corrected chi connectivity index (χ3v) is 3.49. The van der Waals surface area contributed by atoms with E-state index in [0.29, 0.717) is 13.0 Å². The van der Waals surface area contributed by atoms with E-state index in [-0.39, 0.29) is 12.1 Å². The molecule has 2 N–H and O–H groups in total. The summed E-state index contributed by atoms with van der Waals surface area (Å²) in [5.41, 5.74) is 0.0206. The maximum Gasteiger partial charge on any atom is 0.326 e. The number of carboxylic acid groups (broad SMARTS) is 1. The van der Waals surface area contributed by atoms with Gasteiger partial charge in [0.1, 0.15) is 17.7 Å². The summed E-state index contributed by atoms with van der Waals surface area (Å²) in [6.07, 6.45) is 1.88. The van der Waals surface area contributed by atoms with Crippen LogP contribution in [0.5, 0.6) is 0 Å². The summed E-state index contributed by atoms with van der Waals surface area (Å²) < 4.78 is 26.5. The molecule has 1 heterocycles. The lowest BCUT2D eigenvalue weighted by Gasteiger charge is -2.32. The normalized spacial score (nSPS) is 18.4. The highest BCUT2D eigenvalue weighted by Crippen LogP contribution is 2.17. The van der Waals surface area contributed by atoms with E-state index in [2.05, 4.69) is 5.32 Å². The molecule has 0 aliphatic carbocycles. The summed E-state index contributed by atoms with van der Waals surface area (Å²) in [6, 6.07) is 1.53. The molecule has 1 aliphatic heterocycles. The Hall–Kier alpha value is -2.18. The van der Waals surface area contributed by atoms with E-state index in [4.69, 9.17) is 5.11 Å². The third-order valence-electron chi connectivity index (χ3n) is 3.49. The van der Waals surface area contributed by atoms with Crippen molar-refractivity contribution in [2.75, 3.05) is 6.54 Å². The topological polar surface area (TPSA) is 69.6 Å². The van der Waals surface area contributed by atoms with E-state index in [9.17, 15) is 18.4 Å². The van der Waals surface area contributed by atoms with E-state index in [1.54, 1.807) is 0 Å². The molecule has 0 spiro atoms. The second kappa shape index (κ2) is 6.51. The van der Waals surface area contributed by atoms with Crippen LogP contribution in [0.25, 0.3) is 0 Å². The van der Waals surface area contributed by atoms with Gasteiger partial charge < -0.3 is 15.3 Å². The minimum atomic E-state index is -1.05. The van der Waals surface area contributed by atoms with Crippen LogP contribution in [0.1, 0.15) is 24.8 Å². The van der Waals surface area contributed by atoms with E-state index < -0.39 is 29.7 Å². The van der Waals surface area contributed by atoms with Crippen LogP contribution in [0.2, 0.25) is 0 Å². The van der Waals surface area contributed by atoms with Crippen LogP contribution < -0.4 is 5.32 Å². The van der Waals surface area contributed by atoms with Gasteiger partial charge in [-0.05, 0) is 37.5 Å². The van der Waals surface area contributed by atoms with Gasteiger partial charge in [0, 0.05) is 18.7 Å². The second-order valence-electron chi connectivity index (χ2n) is 4.94. The van der Waals surface area contributed by atoms with Crippen LogP contribution in [0.4, 0.5) is 13.6 Å². The van der Waals surface area contributed by atoms with Crippen LogP contribution in [-0.4, -0.2) is 34.6 Å². The van der Waals surface area contributed by atoms with Crippen molar-refractivity contribution < 1.29 is 23.5 Å². The molecule has 1 fully saturated rings. The molecule has 2 amide bonds.